The number of carbonyl (C=O) groups excluding carboxylic acids is 2. The molecule has 2 saturated heterocycles. The highest BCUT2D eigenvalue weighted by Crippen LogP contribution is 2.41. The van der Waals surface area contributed by atoms with E-state index < -0.39 is 6.04 Å². The molecule has 1 saturated carbocycles. The van der Waals surface area contributed by atoms with Crippen molar-refractivity contribution in [1.29, 1.82) is 0 Å². The summed E-state index contributed by atoms with van der Waals surface area (Å²) >= 11 is 0. The minimum Gasteiger partial charge on any atom is -0.393 e. The average Bonchev–Trinajstić information content (AvgIpc) is 3.36. The van der Waals surface area contributed by atoms with E-state index in [1.54, 1.807) is 6.07 Å². The number of amides is 2. The summed E-state index contributed by atoms with van der Waals surface area (Å²) in [4.78, 5) is 31.2. The van der Waals surface area contributed by atoms with Crippen LogP contribution >= 0.6 is 0 Å². The van der Waals surface area contributed by atoms with Crippen LogP contribution in [0.5, 0.6) is 0 Å². The molecule has 0 radical (unpaired) electrons. The smallest absolute Gasteiger partial charge is 0.254 e. The average molecular weight is 530 g/mol. The molecule has 3 aromatic carbocycles. The minimum absolute atomic E-state index is 0.0771. The molecule has 1 aliphatic carbocycles. The van der Waals surface area contributed by atoms with Gasteiger partial charge in [-0.3, -0.25) is 9.59 Å². The van der Waals surface area contributed by atoms with Crippen LogP contribution in [0.15, 0.2) is 60.7 Å². The summed E-state index contributed by atoms with van der Waals surface area (Å²) in [5.41, 5.74) is 1.83. The Kier molecular flexibility index (Phi) is 7.26. The summed E-state index contributed by atoms with van der Waals surface area (Å²) in [7, 11) is 0. The molecule has 0 aromatic heterocycles. The maximum absolute atomic E-state index is 15.0. The van der Waals surface area contributed by atoms with Gasteiger partial charge in [0.1, 0.15) is 11.9 Å². The van der Waals surface area contributed by atoms with Gasteiger partial charge in [0.05, 0.1) is 11.8 Å². The van der Waals surface area contributed by atoms with E-state index in [4.69, 9.17) is 0 Å². The lowest BCUT2D eigenvalue weighted by Crippen LogP contribution is -2.49. The van der Waals surface area contributed by atoms with Crippen LogP contribution in [-0.2, 0) is 11.3 Å². The molecule has 6 rings (SSSR count). The molecule has 0 bridgehead atoms. The van der Waals surface area contributed by atoms with E-state index in [2.05, 4.69) is 5.32 Å². The molecule has 2 heterocycles. The number of benzene rings is 3. The first-order valence-electron chi connectivity index (χ1n) is 14.3. The standard InChI is InChI=1S/C32H36FN3O3/c33-27-17-21(9-12-29(27)35-15-13-26(37)14-16-35)20-34-31(38)30-19-24-7-3-4-8-28(24)36(30)32(39)25-11-10-22-5-1-2-6-23(22)18-25/h1-2,5-6,9-12,17-18,24,26,28,30,37H,3-4,7-8,13-16,19-20H2,(H,34,38)/t24-,28-,30-/m0/s1. The Labute approximate surface area is 228 Å². The number of aliphatic hydroxyl groups is 1. The van der Waals surface area contributed by atoms with Crippen LogP contribution in [0.4, 0.5) is 10.1 Å². The van der Waals surface area contributed by atoms with Crippen LogP contribution in [0.2, 0.25) is 0 Å². The van der Waals surface area contributed by atoms with Gasteiger partial charge in [0.25, 0.3) is 5.91 Å². The van der Waals surface area contributed by atoms with Crippen LogP contribution in [0.3, 0.4) is 0 Å². The van der Waals surface area contributed by atoms with Gasteiger partial charge in [-0.2, -0.15) is 0 Å². The highest BCUT2D eigenvalue weighted by molar-refractivity contribution is 6.01. The molecule has 2 aliphatic heterocycles. The summed E-state index contributed by atoms with van der Waals surface area (Å²) in [6.45, 7) is 1.46. The fraction of sp³-hybridized carbons (Fsp3) is 0.438. The van der Waals surface area contributed by atoms with E-state index in [0.29, 0.717) is 55.1 Å². The first kappa shape index (κ1) is 25.8. The van der Waals surface area contributed by atoms with Gasteiger partial charge in [-0.15, -0.1) is 0 Å². The van der Waals surface area contributed by atoms with Gasteiger partial charge < -0.3 is 20.2 Å². The Morgan fingerprint density at radius 2 is 1.69 bits per heavy atom. The fourth-order valence-electron chi connectivity index (χ4n) is 6.79. The van der Waals surface area contributed by atoms with Gasteiger partial charge >= 0.3 is 0 Å². The lowest BCUT2D eigenvalue weighted by molar-refractivity contribution is -0.125. The van der Waals surface area contributed by atoms with E-state index in [1.807, 2.05) is 58.3 Å². The predicted molar refractivity (Wildman–Crippen MR) is 150 cm³/mol. The largest absolute Gasteiger partial charge is 0.393 e. The molecule has 2 N–H and O–H groups in total. The normalized spacial score (nSPS) is 23.6. The number of hydrogen-bond donors (Lipinski definition) is 2. The molecular weight excluding hydrogens is 493 g/mol. The zero-order valence-corrected chi connectivity index (χ0v) is 22.2. The third-order valence-electron chi connectivity index (χ3n) is 8.91. The number of aliphatic hydroxyl groups excluding tert-OH is 1. The quantitative estimate of drug-likeness (QED) is 0.486. The minimum atomic E-state index is -0.527. The number of carbonyl (C=O) groups is 2. The number of rotatable bonds is 5. The molecule has 3 aromatic rings. The number of nitrogens with zero attached hydrogens (tertiary/aromatic N) is 2. The van der Waals surface area contributed by atoms with Crippen molar-refractivity contribution in [2.75, 3.05) is 18.0 Å². The van der Waals surface area contributed by atoms with Crippen molar-refractivity contribution in [3.8, 4) is 0 Å². The Morgan fingerprint density at radius 3 is 2.49 bits per heavy atom. The first-order valence-corrected chi connectivity index (χ1v) is 14.3. The summed E-state index contributed by atoms with van der Waals surface area (Å²) in [5, 5.41) is 14.8. The summed E-state index contributed by atoms with van der Waals surface area (Å²) in [6.07, 6.45) is 5.79. The van der Waals surface area contributed by atoms with E-state index >= 15 is 0 Å². The molecule has 0 unspecified atom stereocenters. The zero-order chi connectivity index (χ0) is 26.9. The summed E-state index contributed by atoms with van der Waals surface area (Å²) < 4.78 is 15.0. The van der Waals surface area contributed by atoms with Crippen molar-refractivity contribution in [2.24, 2.45) is 5.92 Å². The molecule has 3 fully saturated rings. The van der Waals surface area contributed by atoms with Crippen LogP contribution in [0.25, 0.3) is 10.8 Å². The van der Waals surface area contributed by atoms with Crippen LogP contribution in [0.1, 0.15) is 60.9 Å². The second-order valence-electron chi connectivity index (χ2n) is 11.4. The first-order chi connectivity index (χ1) is 19.0. The van der Waals surface area contributed by atoms with Gasteiger partial charge in [0.15, 0.2) is 0 Å². The summed E-state index contributed by atoms with van der Waals surface area (Å²) in [5.74, 6) is -0.248. The van der Waals surface area contributed by atoms with E-state index in [9.17, 15) is 19.1 Å². The van der Waals surface area contributed by atoms with Crippen molar-refractivity contribution < 1.29 is 19.1 Å². The number of nitrogens with one attached hydrogen (secondary N) is 1. The highest BCUT2D eigenvalue weighted by atomic mass is 19.1. The fourth-order valence-corrected chi connectivity index (χ4v) is 6.79. The number of likely N-dealkylation sites (tertiary alicyclic amines) is 1. The Bertz CT molecular complexity index is 1370. The van der Waals surface area contributed by atoms with Crippen LogP contribution < -0.4 is 10.2 Å². The lowest BCUT2D eigenvalue weighted by atomic mass is 9.84. The van der Waals surface area contributed by atoms with Crippen molar-refractivity contribution in [2.45, 2.75) is 69.7 Å². The zero-order valence-electron chi connectivity index (χ0n) is 22.2. The second-order valence-corrected chi connectivity index (χ2v) is 11.4. The SMILES string of the molecule is O=C(NCc1ccc(N2CCC(O)CC2)c(F)c1)[C@@H]1C[C@@H]2CCCC[C@@H]2N1C(=O)c1ccc2ccccc2c1. The Hall–Kier alpha value is -3.45. The maximum atomic E-state index is 15.0. The molecule has 2 amide bonds. The molecule has 6 nitrogen and oxygen atoms in total. The predicted octanol–water partition coefficient (Wildman–Crippen LogP) is 5.03. The molecule has 39 heavy (non-hydrogen) atoms. The molecule has 204 valence electrons. The summed E-state index contributed by atoms with van der Waals surface area (Å²) in [6, 6.07) is 18.4. The van der Waals surface area contributed by atoms with E-state index in [1.165, 1.54) is 6.07 Å². The topological polar surface area (TPSA) is 72.9 Å². The molecule has 3 atom stereocenters. The van der Waals surface area contributed by atoms with Crippen molar-refractivity contribution in [3.63, 3.8) is 0 Å². The number of piperidine rings is 1. The van der Waals surface area contributed by atoms with E-state index in [0.717, 1.165) is 36.5 Å². The van der Waals surface area contributed by atoms with E-state index in [-0.39, 0.29) is 36.3 Å². The van der Waals surface area contributed by atoms with Gasteiger partial charge in [-0.05, 0) is 78.6 Å². The third kappa shape index (κ3) is 5.24. The maximum Gasteiger partial charge on any atom is 0.254 e. The lowest BCUT2D eigenvalue weighted by Gasteiger charge is -2.33. The molecule has 3 aliphatic rings. The molecule has 0 spiro atoms. The molecular formula is C32H36FN3O3. The van der Waals surface area contributed by atoms with Gasteiger partial charge in [-0.1, -0.05) is 49.2 Å². The van der Waals surface area contributed by atoms with Crippen LogP contribution in [0, 0.1) is 11.7 Å². The van der Waals surface area contributed by atoms with Crippen molar-refractivity contribution >= 4 is 28.3 Å². The van der Waals surface area contributed by atoms with Crippen molar-refractivity contribution in [1.82, 2.24) is 10.2 Å². The highest BCUT2D eigenvalue weighted by Gasteiger charge is 2.47. The number of fused-ring (bicyclic) bond motifs is 2. The Balaban J connectivity index is 1.17. The molecule has 7 heteroatoms. The monoisotopic (exact) mass is 529 g/mol. The number of anilines is 1. The van der Waals surface area contributed by atoms with Gasteiger partial charge in [0.2, 0.25) is 5.91 Å². The number of hydrogen-bond acceptors (Lipinski definition) is 4. The van der Waals surface area contributed by atoms with Crippen molar-refractivity contribution in [3.05, 3.63) is 77.6 Å². The van der Waals surface area contributed by atoms with Gasteiger partial charge in [0, 0.05) is 31.2 Å². The third-order valence-corrected chi connectivity index (χ3v) is 8.91. The second kappa shape index (κ2) is 11.0. The van der Waals surface area contributed by atoms with Gasteiger partial charge in [-0.25, -0.2) is 4.39 Å². The van der Waals surface area contributed by atoms with Crippen LogP contribution in [-0.4, -0.2) is 53.1 Å². The Morgan fingerprint density at radius 1 is 0.923 bits per heavy atom. The number of halogens is 1.